The molecule has 4 atom stereocenters. The Morgan fingerprint density at radius 1 is 1.09 bits per heavy atom. The fraction of sp³-hybridized carbons (Fsp3) is 0.333. The monoisotopic (exact) mass is 670 g/mol. The number of aliphatic hydroxyl groups is 1. The lowest BCUT2D eigenvalue weighted by Gasteiger charge is -2.29. The van der Waals surface area contributed by atoms with E-state index >= 15 is 4.39 Å². The molecule has 0 aliphatic carbocycles. The number of aliphatic hydroxyl groups excluding tert-OH is 1. The predicted octanol–water partition coefficient (Wildman–Crippen LogP) is 4.62. The van der Waals surface area contributed by atoms with Gasteiger partial charge < -0.3 is 39.8 Å². The van der Waals surface area contributed by atoms with Gasteiger partial charge in [0.1, 0.15) is 17.1 Å². The van der Waals surface area contributed by atoms with E-state index in [0.717, 1.165) is 0 Å². The molecule has 13 heteroatoms. The van der Waals surface area contributed by atoms with Crippen LogP contribution in [0.1, 0.15) is 12.0 Å². The van der Waals surface area contributed by atoms with Crippen molar-refractivity contribution in [2.45, 2.75) is 37.6 Å². The van der Waals surface area contributed by atoms with Crippen molar-refractivity contribution in [3.63, 3.8) is 0 Å². The largest absolute Gasteiger partial charge is 0.496 e. The maximum Gasteiger partial charge on any atom is 0.262 e. The van der Waals surface area contributed by atoms with Crippen LogP contribution in [-0.2, 0) is 25.6 Å². The van der Waals surface area contributed by atoms with Crippen molar-refractivity contribution < 1.29 is 33.3 Å². The molecule has 0 saturated carbocycles. The normalized spacial score (nSPS) is 22.6. The van der Waals surface area contributed by atoms with E-state index in [1.165, 1.54) is 24.3 Å². The Bertz CT molecular complexity index is 1720. The highest BCUT2D eigenvalue weighted by atomic mass is 35.5. The standard InChI is InChI=1S/C33H33Cl2FN4O6/c1-39-15-22(31(43)40(2)33-32(39)46-33)30(42)38-24-9-5-8-20(29(24)35)19-7-4-6-18(28(19)34)17-12-23(36)21(27(13-17)44-3)14-37-25-16-45-11-10-26(25)41/h4-9,12-13,15,25-26,32-33,37,41H,10-11,14,16H2,1-3H3,(H,38,42)/t25-,26-,32?,33?/m0/s1. The average molecular weight is 672 g/mol. The van der Waals surface area contributed by atoms with Crippen LogP contribution < -0.4 is 15.4 Å². The minimum atomic E-state index is -0.619. The number of hydrogen-bond acceptors (Lipinski definition) is 8. The van der Waals surface area contributed by atoms with E-state index in [2.05, 4.69) is 10.6 Å². The number of hydrogen-bond donors (Lipinski definition) is 3. The first-order valence-electron chi connectivity index (χ1n) is 14.7. The van der Waals surface area contributed by atoms with Crippen molar-refractivity contribution in [1.82, 2.24) is 15.1 Å². The van der Waals surface area contributed by atoms with Crippen LogP contribution >= 0.6 is 23.2 Å². The Balaban J connectivity index is 1.26. The number of halogens is 3. The van der Waals surface area contributed by atoms with Crippen molar-refractivity contribution in [3.05, 3.63) is 81.7 Å². The molecule has 2 unspecified atom stereocenters. The van der Waals surface area contributed by atoms with Crippen LogP contribution in [0.3, 0.4) is 0 Å². The van der Waals surface area contributed by atoms with Gasteiger partial charge in [0.2, 0.25) is 0 Å². The summed E-state index contributed by atoms with van der Waals surface area (Å²) in [4.78, 5) is 29.3. The Morgan fingerprint density at radius 2 is 1.80 bits per heavy atom. The molecule has 2 saturated heterocycles. The lowest BCUT2D eigenvalue weighted by atomic mass is 9.97. The molecule has 3 heterocycles. The number of anilines is 1. The molecule has 3 aliphatic rings. The predicted molar refractivity (Wildman–Crippen MR) is 172 cm³/mol. The van der Waals surface area contributed by atoms with Crippen LogP contribution in [-0.4, -0.2) is 85.7 Å². The number of benzene rings is 3. The summed E-state index contributed by atoms with van der Waals surface area (Å²) < 4.78 is 32.0. The number of ether oxygens (including phenoxy) is 3. The molecule has 3 N–H and O–H groups in total. The Morgan fingerprint density at radius 3 is 2.54 bits per heavy atom. The first-order chi connectivity index (χ1) is 22.1. The third-order valence-electron chi connectivity index (χ3n) is 8.44. The van der Waals surface area contributed by atoms with Gasteiger partial charge in [0.05, 0.1) is 41.6 Å². The second-order valence-electron chi connectivity index (χ2n) is 11.4. The molecule has 0 aromatic heterocycles. The van der Waals surface area contributed by atoms with Crippen molar-refractivity contribution >= 4 is 40.7 Å². The van der Waals surface area contributed by atoms with E-state index in [4.69, 9.17) is 37.4 Å². The second-order valence-corrected chi connectivity index (χ2v) is 12.1. The fourth-order valence-corrected chi connectivity index (χ4v) is 6.35. The average Bonchev–Trinajstić information content (AvgIpc) is 3.86. The lowest BCUT2D eigenvalue weighted by Crippen LogP contribution is -2.46. The summed E-state index contributed by atoms with van der Waals surface area (Å²) in [6.45, 7) is 0.952. The van der Waals surface area contributed by atoms with Crippen LogP contribution in [0.15, 0.2) is 60.3 Å². The van der Waals surface area contributed by atoms with E-state index in [0.29, 0.717) is 58.2 Å². The van der Waals surface area contributed by atoms with Crippen molar-refractivity contribution in [3.8, 4) is 28.0 Å². The molecule has 3 aliphatic heterocycles. The van der Waals surface area contributed by atoms with Crippen molar-refractivity contribution in [2.75, 3.05) is 39.7 Å². The first kappa shape index (κ1) is 32.2. The molecule has 0 bridgehead atoms. The molecule has 10 nitrogen and oxygen atoms in total. The zero-order chi connectivity index (χ0) is 32.7. The molecule has 2 fully saturated rings. The molecule has 0 spiro atoms. The van der Waals surface area contributed by atoms with Gasteiger partial charge in [-0.1, -0.05) is 53.5 Å². The number of carbonyl (C=O) groups is 2. The van der Waals surface area contributed by atoms with Crippen molar-refractivity contribution in [1.29, 1.82) is 0 Å². The number of nitrogens with one attached hydrogen (secondary N) is 2. The summed E-state index contributed by atoms with van der Waals surface area (Å²) in [6, 6.07) is 13.2. The van der Waals surface area contributed by atoms with E-state index in [9.17, 15) is 14.7 Å². The van der Waals surface area contributed by atoms with Gasteiger partial charge in [0.15, 0.2) is 12.5 Å². The molecule has 46 heavy (non-hydrogen) atoms. The Kier molecular flexibility index (Phi) is 9.24. The Hall–Kier alpha value is -3.71. The molecule has 6 rings (SSSR count). The summed E-state index contributed by atoms with van der Waals surface area (Å²) in [5.41, 5.74) is 2.65. The fourth-order valence-electron chi connectivity index (χ4n) is 5.74. The minimum Gasteiger partial charge on any atom is -0.496 e. The summed E-state index contributed by atoms with van der Waals surface area (Å²) in [6.07, 6.45) is 0.683. The number of nitrogens with zero attached hydrogens (tertiary/aromatic N) is 2. The third kappa shape index (κ3) is 6.18. The summed E-state index contributed by atoms with van der Waals surface area (Å²) in [5, 5.41) is 16.7. The van der Waals surface area contributed by atoms with Crippen LogP contribution in [0, 0.1) is 5.82 Å². The van der Waals surface area contributed by atoms with Gasteiger partial charge in [0.25, 0.3) is 11.8 Å². The van der Waals surface area contributed by atoms with Gasteiger partial charge in [-0.2, -0.15) is 0 Å². The third-order valence-corrected chi connectivity index (χ3v) is 9.25. The Labute approximate surface area is 275 Å². The number of methoxy groups -OCH3 is 1. The van der Waals surface area contributed by atoms with E-state index in [-0.39, 0.29) is 35.1 Å². The smallest absolute Gasteiger partial charge is 0.262 e. The highest BCUT2D eigenvalue weighted by Gasteiger charge is 2.50. The molecule has 3 aromatic rings. The summed E-state index contributed by atoms with van der Waals surface area (Å²) in [7, 11) is 4.78. The highest BCUT2D eigenvalue weighted by Crippen LogP contribution is 2.43. The van der Waals surface area contributed by atoms with E-state index in [1.54, 1.807) is 61.5 Å². The van der Waals surface area contributed by atoms with Gasteiger partial charge in [-0.3, -0.25) is 9.59 Å². The van der Waals surface area contributed by atoms with Crippen LogP contribution in [0.25, 0.3) is 22.3 Å². The van der Waals surface area contributed by atoms with Gasteiger partial charge in [-0.15, -0.1) is 0 Å². The van der Waals surface area contributed by atoms with Gasteiger partial charge >= 0.3 is 0 Å². The molecule has 0 radical (unpaired) electrons. The zero-order valence-electron chi connectivity index (χ0n) is 25.4. The number of likely N-dealkylation sites (N-methyl/N-ethyl adjacent to an activating group) is 2. The van der Waals surface area contributed by atoms with Crippen molar-refractivity contribution in [2.24, 2.45) is 0 Å². The molecule has 3 aromatic carbocycles. The van der Waals surface area contributed by atoms with Gasteiger partial charge in [0, 0.05) is 55.7 Å². The zero-order valence-corrected chi connectivity index (χ0v) is 26.9. The molecular formula is C33H33Cl2FN4O6. The second kappa shape index (κ2) is 13.2. The van der Waals surface area contributed by atoms with Gasteiger partial charge in [-0.05, 0) is 30.2 Å². The number of epoxide rings is 1. The maximum atomic E-state index is 15.5. The topological polar surface area (TPSA) is 116 Å². The number of amides is 2. The quantitative estimate of drug-likeness (QED) is 0.235. The first-order valence-corrected chi connectivity index (χ1v) is 15.5. The van der Waals surface area contributed by atoms with Crippen LogP contribution in [0.4, 0.5) is 10.1 Å². The van der Waals surface area contributed by atoms with E-state index < -0.39 is 30.0 Å². The summed E-state index contributed by atoms with van der Waals surface area (Å²) in [5.74, 6) is -1.27. The van der Waals surface area contributed by atoms with Crippen LogP contribution in [0.2, 0.25) is 10.0 Å². The van der Waals surface area contributed by atoms with Crippen LogP contribution in [0.5, 0.6) is 5.75 Å². The lowest BCUT2D eigenvalue weighted by molar-refractivity contribution is -0.129. The number of fused-ring (bicyclic) bond motifs is 1. The SMILES string of the molecule is COc1cc(-c2cccc(-c3cccc(NC(=O)C4=CN(C)C5OC5N(C)C4=O)c3Cl)c2Cl)cc(F)c1CN[C@H]1COCC[C@@H]1O. The number of carbonyl (C=O) groups excluding carboxylic acids is 2. The molecule has 242 valence electrons. The minimum absolute atomic E-state index is 0.0554. The maximum absolute atomic E-state index is 15.5. The summed E-state index contributed by atoms with van der Waals surface area (Å²) >= 11 is 13.8. The number of rotatable bonds is 8. The van der Waals surface area contributed by atoms with Gasteiger partial charge in [-0.25, -0.2) is 4.39 Å². The van der Waals surface area contributed by atoms with E-state index in [1.807, 2.05) is 0 Å². The highest BCUT2D eigenvalue weighted by molar-refractivity contribution is 6.40. The molecular weight excluding hydrogens is 638 g/mol. The molecule has 2 amide bonds.